The van der Waals surface area contributed by atoms with Crippen LogP contribution in [-0.4, -0.2) is 14.7 Å². The Hall–Kier alpha value is -1.40. The predicted octanol–water partition coefficient (Wildman–Crippen LogP) is 3.55. The number of hydrogen-bond donors (Lipinski definition) is 0. The number of sulfonamides is 1. The molecule has 2 aromatic carbocycles. The molecule has 0 fully saturated rings. The van der Waals surface area contributed by atoms with Crippen LogP contribution in [-0.2, 0) is 16.6 Å². The van der Waals surface area contributed by atoms with Crippen molar-refractivity contribution >= 4 is 31.6 Å². The zero-order chi connectivity index (χ0) is 14.8. The molecule has 2 aromatic rings. The smallest absolute Gasteiger partial charge is 0.232 e. The maximum Gasteiger partial charge on any atom is 0.232 e. The lowest BCUT2D eigenvalue weighted by Crippen LogP contribution is -2.30. The van der Waals surface area contributed by atoms with E-state index in [2.05, 4.69) is 15.9 Å². The SMILES string of the molecule is CS(=O)(=O)N(Cc1ccc(Br)cc1)c1ccccc1F. The molecule has 106 valence electrons. The largest absolute Gasteiger partial charge is 0.263 e. The Labute approximate surface area is 126 Å². The topological polar surface area (TPSA) is 37.4 Å². The average Bonchev–Trinajstić information content (AvgIpc) is 2.38. The zero-order valence-corrected chi connectivity index (χ0v) is 13.2. The quantitative estimate of drug-likeness (QED) is 0.838. The molecule has 0 N–H and O–H groups in total. The number of rotatable bonds is 4. The maximum atomic E-state index is 13.8. The van der Waals surface area contributed by atoms with Crippen LogP contribution >= 0.6 is 15.9 Å². The molecule has 2 rings (SSSR count). The molecule has 0 aromatic heterocycles. The van der Waals surface area contributed by atoms with Crippen molar-refractivity contribution in [3.63, 3.8) is 0 Å². The summed E-state index contributed by atoms with van der Waals surface area (Å²) in [7, 11) is -3.57. The van der Waals surface area contributed by atoms with Crippen molar-refractivity contribution in [3.05, 3.63) is 64.4 Å². The van der Waals surface area contributed by atoms with Crippen LogP contribution in [0.15, 0.2) is 53.0 Å². The third kappa shape index (κ3) is 3.58. The highest BCUT2D eigenvalue weighted by Gasteiger charge is 2.20. The summed E-state index contributed by atoms with van der Waals surface area (Å²) in [5.41, 5.74) is 0.833. The van der Waals surface area contributed by atoms with Crippen molar-refractivity contribution < 1.29 is 12.8 Å². The molecule has 0 aliphatic rings. The normalized spacial score (nSPS) is 11.3. The van der Waals surface area contributed by atoms with Gasteiger partial charge in [-0.05, 0) is 29.8 Å². The van der Waals surface area contributed by atoms with Gasteiger partial charge in [0.25, 0.3) is 0 Å². The van der Waals surface area contributed by atoms with Gasteiger partial charge in [-0.1, -0.05) is 40.2 Å². The summed E-state index contributed by atoms with van der Waals surface area (Å²) < 4.78 is 39.6. The van der Waals surface area contributed by atoms with Gasteiger partial charge >= 0.3 is 0 Å². The minimum Gasteiger partial charge on any atom is -0.263 e. The summed E-state index contributed by atoms with van der Waals surface area (Å²) >= 11 is 3.32. The first-order valence-electron chi connectivity index (χ1n) is 5.84. The van der Waals surface area contributed by atoms with Crippen LogP contribution in [0.5, 0.6) is 0 Å². The van der Waals surface area contributed by atoms with Crippen LogP contribution in [0.2, 0.25) is 0 Å². The summed E-state index contributed by atoms with van der Waals surface area (Å²) in [5.74, 6) is -0.560. The summed E-state index contributed by atoms with van der Waals surface area (Å²) in [6.07, 6.45) is 1.07. The standard InChI is InChI=1S/C14H13BrFNO2S/c1-20(18,19)17(14-5-3-2-4-13(14)16)10-11-6-8-12(15)9-7-11/h2-9H,10H2,1H3. The van der Waals surface area contributed by atoms with Gasteiger partial charge in [0.1, 0.15) is 5.82 Å². The third-order valence-electron chi connectivity index (χ3n) is 2.76. The molecule has 0 atom stereocenters. The molecule has 0 aliphatic carbocycles. The molecule has 6 heteroatoms. The van der Waals surface area contributed by atoms with Crippen molar-refractivity contribution in [1.82, 2.24) is 0 Å². The molecule has 0 bridgehead atoms. The van der Waals surface area contributed by atoms with Crippen LogP contribution in [0.3, 0.4) is 0 Å². The number of nitrogens with zero attached hydrogens (tertiary/aromatic N) is 1. The van der Waals surface area contributed by atoms with E-state index in [4.69, 9.17) is 0 Å². The molecular weight excluding hydrogens is 345 g/mol. The fraction of sp³-hybridized carbons (Fsp3) is 0.143. The molecular formula is C14H13BrFNO2S. The second-order valence-corrected chi connectivity index (χ2v) is 7.17. The summed E-state index contributed by atoms with van der Waals surface area (Å²) in [6.45, 7) is 0.0903. The van der Waals surface area contributed by atoms with Gasteiger partial charge in [0.05, 0.1) is 18.5 Å². The second-order valence-electron chi connectivity index (χ2n) is 4.35. The van der Waals surface area contributed by atoms with Gasteiger partial charge < -0.3 is 0 Å². The number of halogens is 2. The third-order valence-corrected chi connectivity index (χ3v) is 4.42. The first-order valence-corrected chi connectivity index (χ1v) is 8.49. The fourth-order valence-corrected chi connectivity index (χ4v) is 2.94. The van der Waals surface area contributed by atoms with Crippen molar-refractivity contribution in [3.8, 4) is 0 Å². The van der Waals surface area contributed by atoms with Crippen LogP contribution in [0.1, 0.15) is 5.56 Å². The van der Waals surface area contributed by atoms with Crippen LogP contribution in [0, 0.1) is 5.82 Å². The Balaban J connectivity index is 2.40. The molecule has 0 saturated heterocycles. The average molecular weight is 358 g/mol. The number of para-hydroxylation sites is 1. The predicted molar refractivity (Wildman–Crippen MR) is 81.6 cm³/mol. The van der Waals surface area contributed by atoms with Gasteiger partial charge in [0, 0.05) is 4.47 Å². The van der Waals surface area contributed by atoms with Gasteiger partial charge in [0.2, 0.25) is 10.0 Å². The zero-order valence-electron chi connectivity index (χ0n) is 10.8. The molecule has 0 radical (unpaired) electrons. The monoisotopic (exact) mass is 357 g/mol. The van der Waals surface area contributed by atoms with Crippen LogP contribution in [0.25, 0.3) is 0 Å². The minimum absolute atomic E-state index is 0.0536. The van der Waals surface area contributed by atoms with E-state index in [0.29, 0.717) is 0 Å². The van der Waals surface area contributed by atoms with Crippen molar-refractivity contribution in [1.29, 1.82) is 0 Å². The minimum atomic E-state index is -3.57. The first kappa shape index (κ1) is 15.0. The molecule has 3 nitrogen and oxygen atoms in total. The highest BCUT2D eigenvalue weighted by Crippen LogP contribution is 2.24. The van der Waals surface area contributed by atoms with Crippen molar-refractivity contribution in [2.45, 2.75) is 6.54 Å². The van der Waals surface area contributed by atoms with E-state index in [1.807, 2.05) is 12.1 Å². The molecule has 20 heavy (non-hydrogen) atoms. The molecule has 0 heterocycles. The Morgan fingerprint density at radius 2 is 1.70 bits per heavy atom. The summed E-state index contributed by atoms with van der Waals surface area (Å²) in [5, 5.41) is 0. The highest BCUT2D eigenvalue weighted by molar-refractivity contribution is 9.10. The molecule has 0 aliphatic heterocycles. The van der Waals surface area contributed by atoms with Gasteiger partial charge in [-0.3, -0.25) is 4.31 Å². The van der Waals surface area contributed by atoms with E-state index in [-0.39, 0.29) is 12.2 Å². The van der Waals surface area contributed by atoms with E-state index in [1.165, 1.54) is 18.2 Å². The molecule has 0 spiro atoms. The number of hydrogen-bond acceptors (Lipinski definition) is 2. The number of anilines is 1. The van der Waals surface area contributed by atoms with Gasteiger partial charge in [-0.25, -0.2) is 12.8 Å². The summed E-state index contributed by atoms with van der Waals surface area (Å²) in [6, 6.07) is 13.1. The Morgan fingerprint density at radius 3 is 2.25 bits per heavy atom. The Kier molecular flexibility index (Phi) is 4.45. The second kappa shape index (κ2) is 5.93. The van der Waals surface area contributed by atoms with E-state index in [9.17, 15) is 12.8 Å². The number of benzene rings is 2. The van der Waals surface area contributed by atoms with Crippen molar-refractivity contribution in [2.24, 2.45) is 0 Å². The lowest BCUT2D eigenvalue weighted by Gasteiger charge is -2.23. The highest BCUT2D eigenvalue weighted by atomic mass is 79.9. The van der Waals surface area contributed by atoms with Crippen LogP contribution < -0.4 is 4.31 Å². The fourth-order valence-electron chi connectivity index (χ4n) is 1.79. The van der Waals surface area contributed by atoms with E-state index >= 15 is 0 Å². The Morgan fingerprint density at radius 1 is 1.10 bits per heavy atom. The Bertz CT molecular complexity index is 701. The first-order chi connectivity index (χ1) is 9.38. The van der Waals surface area contributed by atoms with E-state index in [0.717, 1.165) is 20.6 Å². The lowest BCUT2D eigenvalue weighted by atomic mass is 10.2. The summed E-state index contributed by atoms with van der Waals surface area (Å²) in [4.78, 5) is 0. The van der Waals surface area contributed by atoms with E-state index < -0.39 is 15.8 Å². The lowest BCUT2D eigenvalue weighted by molar-refractivity contribution is 0.590. The van der Waals surface area contributed by atoms with Gasteiger partial charge in [0.15, 0.2) is 0 Å². The van der Waals surface area contributed by atoms with Crippen molar-refractivity contribution in [2.75, 3.05) is 10.6 Å². The van der Waals surface area contributed by atoms with Crippen LogP contribution in [0.4, 0.5) is 10.1 Å². The molecule has 0 saturated carbocycles. The van der Waals surface area contributed by atoms with E-state index in [1.54, 1.807) is 18.2 Å². The van der Waals surface area contributed by atoms with Gasteiger partial charge in [-0.2, -0.15) is 0 Å². The molecule has 0 unspecified atom stereocenters. The molecule has 0 amide bonds. The maximum absolute atomic E-state index is 13.8. The van der Waals surface area contributed by atoms with Gasteiger partial charge in [-0.15, -0.1) is 0 Å².